The molecule has 0 radical (unpaired) electrons. The molecule has 48 heavy (non-hydrogen) atoms. The van der Waals surface area contributed by atoms with Crippen LogP contribution >= 0.6 is 0 Å². The van der Waals surface area contributed by atoms with Crippen LogP contribution in [0.2, 0.25) is 0 Å². The smallest absolute Gasteiger partial charge is 0.416 e. The number of hydrogen-bond donors (Lipinski definition) is 0. The number of halogens is 6. The first-order chi connectivity index (χ1) is 22.4. The Bertz CT molecular complexity index is 1720. The Morgan fingerprint density at radius 3 is 2.19 bits per heavy atom. The van der Waals surface area contributed by atoms with Crippen molar-refractivity contribution < 1.29 is 50.1 Å². The highest BCUT2D eigenvalue weighted by molar-refractivity contribution is 5.90. The summed E-state index contributed by atoms with van der Waals surface area (Å²) in [7, 11) is 2.80. The van der Waals surface area contributed by atoms with Crippen LogP contribution < -0.4 is 4.74 Å². The second-order valence-corrected chi connectivity index (χ2v) is 12.8. The lowest BCUT2D eigenvalue weighted by Crippen LogP contribution is -2.35. The Morgan fingerprint density at radius 2 is 1.62 bits per heavy atom. The summed E-state index contributed by atoms with van der Waals surface area (Å²) >= 11 is 0. The quantitative estimate of drug-likeness (QED) is 0.184. The lowest BCUT2D eigenvalue weighted by Gasteiger charge is -2.36. The lowest BCUT2D eigenvalue weighted by atomic mass is 9.72. The number of amides is 1. The van der Waals surface area contributed by atoms with Gasteiger partial charge < -0.3 is 14.2 Å². The van der Waals surface area contributed by atoms with Crippen molar-refractivity contribution in [2.24, 2.45) is 5.41 Å². The van der Waals surface area contributed by atoms with Crippen LogP contribution in [0, 0.1) is 5.41 Å². The molecule has 1 amide bonds. The number of rotatable bonds is 7. The number of cyclic esters (lactones) is 1. The van der Waals surface area contributed by atoms with Crippen molar-refractivity contribution in [3.63, 3.8) is 0 Å². The maximum Gasteiger partial charge on any atom is 0.416 e. The van der Waals surface area contributed by atoms with Gasteiger partial charge in [-0.15, -0.1) is 0 Å². The molecule has 2 atom stereocenters. The van der Waals surface area contributed by atoms with Crippen molar-refractivity contribution >= 4 is 17.6 Å². The van der Waals surface area contributed by atoms with Crippen molar-refractivity contribution in [2.75, 3.05) is 20.8 Å². The molecule has 256 valence electrons. The Hall–Kier alpha value is -4.55. The van der Waals surface area contributed by atoms with E-state index < -0.39 is 53.3 Å². The predicted molar refractivity (Wildman–Crippen MR) is 164 cm³/mol. The van der Waals surface area contributed by atoms with Gasteiger partial charge in [-0.1, -0.05) is 26.0 Å². The van der Waals surface area contributed by atoms with Crippen molar-refractivity contribution in [1.29, 1.82) is 0 Å². The SMILES string of the molecule is COC(=O)c1ccc(-c2cc(C3=C(CN4C(=O)O[C@H](c5cc(C(F)(F)F)cc(C(F)(F)F)c5)[C@@H]4C)CC(C)(C)CC3)c(OC)cn2)cc1. The Balaban J connectivity index is 1.53. The van der Waals surface area contributed by atoms with Gasteiger partial charge in [0.05, 0.1) is 48.8 Å². The van der Waals surface area contributed by atoms with Gasteiger partial charge in [-0.05, 0) is 84.7 Å². The van der Waals surface area contributed by atoms with E-state index in [9.17, 15) is 35.9 Å². The zero-order valence-electron chi connectivity index (χ0n) is 26.9. The van der Waals surface area contributed by atoms with Crippen LogP contribution in [0.15, 0.2) is 60.3 Å². The van der Waals surface area contributed by atoms with E-state index in [-0.39, 0.29) is 18.0 Å². The highest BCUT2D eigenvalue weighted by atomic mass is 19.4. The van der Waals surface area contributed by atoms with Crippen LogP contribution in [0.3, 0.4) is 0 Å². The molecule has 0 N–H and O–H groups in total. The van der Waals surface area contributed by atoms with Crippen LogP contribution in [-0.4, -0.2) is 48.8 Å². The first kappa shape index (κ1) is 34.8. The molecule has 0 bridgehead atoms. The number of aromatic nitrogens is 1. The Labute approximate surface area is 273 Å². The van der Waals surface area contributed by atoms with E-state index in [1.807, 2.05) is 6.07 Å². The van der Waals surface area contributed by atoms with E-state index in [0.29, 0.717) is 42.0 Å². The number of carbonyl (C=O) groups excluding carboxylic acids is 2. The molecular formula is C35H34F6N2O5. The number of allylic oxidation sites excluding steroid dienone is 1. The van der Waals surface area contributed by atoms with E-state index >= 15 is 0 Å². The second-order valence-electron chi connectivity index (χ2n) is 12.8. The normalized spacial score (nSPS) is 19.7. The highest BCUT2D eigenvalue weighted by Gasteiger charge is 2.44. The monoisotopic (exact) mass is 676 g/mol. The average molecular weight is 677 g/mol. The fourth-order valence-corrected chi connectivity index (χ4v) is 6.29. The number of methoxy groups -OCH3 is 2. The number of carbonyl (C=O) groups is 2. The molecule has 0 spiro atoms. The zero-order valence-corrected chi connectivity index (χ0v) is 26.9. The Kier molecular flexibility index (Phi) is 9.28. The van der Waals surface area contributed by atoms with Gasteiger partial charge in [0.25, 0.3) is 0 Å². The third-order valence-electron chi connectivity index (χ3n) is 8.88. The number of esters is 1. The predicted octanol–water partition coefficient (Wildman–Crippen LogP) is 9.13. The Morgan fingerprint density at radius 1 is 1.00 bits per heavy atom. The van der Waals surface area contributed by atoms with Crippen LogP contribution in [-0.2, 0) is 21.8 Å². The molecule has 2 aromatic carbocycles. The fourth-order valence-electron chi connectivity index (χ4n) is 6.29. The molecule has 1 aromatic heterocycles. The van der Waals surface area contributed by atoms with Gasteiger partial charge in [0.1, 0.15) is 11.9 Å². The number of benzene rings is 2. The van der Waals surface area contributed by atoms with E-state index in [1.54, 1.807) is 37.4 Å². The van der Waals surface area contributed by atoms with Crippen molar-refractivity contribution in [2.45, 2.75) is 64.5 Å². The summed E-state index contributed by atoms with van der Waals surface area (Å²) in [6.07, 6.45) is -8.75. The molecule has 5 rings (SSSR count). The first-order valence-electron chi connectivity index (χ1n) is 15.1. The third kappa shape index (κ3) is 7.14. The van der Waals surface area contributed by atoms with Gasteiger partial charge in [0.2, 0.25) is 0 Å². The third-order valence-corrected chi connectivity index (χ3v) is 8.88. The fraction of sp³-hybridized carbons (Fsp3) is 0.400. The number of pyridine rings is 1. The zero-order chi connectivity index (χ0) is 35.2. The minimum absolute atomic E-state index is 0.0367. The molecule has 1 fully saturated rings. The average Bonchev–Trinajstić information content (AvgIpc) is 3.31. The molecule has 1 aliphatic heterocycles. The molecule has 0 saturated carbocycles. The van der Waals surface area contributed by atoms with Crippen LogP contribution in [0.25, 0.3) is 16.8 Å². The van der Waals surface area contributed by atoms with E-state index in [0.717, 1.165) is 28.7 Å². The summed E-state index contributed by atoms with van der Waals surface area (Å²) in [5.74, 6) is 0.00556. The summed E-state index contributed by atoms with van der Waals surface area (Å²) in [5, 5.41) is 0. The van der Waals surface area contributed by atoms with Gasteiger partial charge in [-0.25, -0.2) is 9.59 Å². The van der Waals surface area contributed by atoms with Gasteiger partial charge in [-0.2, -0.15) is 26.3 Å². The first-order valence-corrected chi connectivity index (χ1v) is 15.1. The van der Waals surface area contributed by atoms with Crippen molar-refractivity contribution in [1.82, 2.24) is 9.88 Å². The molecule has 1 saturated heterocycles. The molecule has 7 nitrogen and oxygen atoms in total. The molecule has 3 aromatic rings. The summed E-state index contributed by atoms with van der Waals surface area (Å²) < 4.78 is 97.5. The van der Waals surface area contributed by atoms with Crippen LogP contribution in [0.5, 0.6) is 5.75 Å². The van der Waals surface area contributed by atoms with Crippen LogP contribution in [0.4, 0.5) is 31.1 Å². The van der Waals surface area contributed by atoms with Gasteiger partial charge in [0.15, 0.2) is 0 Å². The summed E-state index contributed by atoms with van der Waals surface area (Å²) in [4.78, 5) is 31.0. The van der Waals surface area contributed by atoms with E-state index in [1.165, 1.54) is 19.1 Å². The maximum absolute atomic E-state index is 13.6. The summed E-state index contributed by atoms with van der Waals surface area (Å²) in [6, 6.07) is 8.95. The minimum atomic E-state index is -5.04. The standard InChI is InChI=1S/C35H34F6N2O5/c1-19-30(22-12-24(34(36,37)38)14-25(13-22)35(39,40)41)48-32(45)43(19)18-23-16-33(2,3)11-10-26(23)27-15-28(42-17-29(27)46-4)20-6-8-21(9-7-20)31(44)47-5/h6-9,12-15,17,19,30H,10-11,16,18H2,1-5H3/t19-,30-/m0/s1. The van der Waals surface area contributed by atoms with Crippen LogP contribution in [0.1, 0.15) is 78.7 Å². The molecule has 13 heteroatoms. The van der Waals surface area contributed by atoms with E-state index in [2.05, 4.69) is 18.8 Å². The highest BCUT2D eigenvalue weighted by Crippen LogP contribution is 2.47. The second kappa shape index (κ2) is 12.8. The number of hydrogen-bond acceptors (Lipinski definition) is 6. The minimum Gasteiger partial charge on any atom is -0.495 e. The van der Waals surface area contributed by atoms with Gasteiger partial charge in [0, 0.05) is 17.7 Å². The largest absolute Gasteiger partial charge is 0.495 e. The maximum atomic E-state index is 13.6. The molecule has 0 unspecified atom stereocenters. The lowest BCUT2D eigenvalue weighted by molar-refractivity contribution is -0.143. The number of nitrogens with zero attached hydrogens (tertiary/aromatic N) is 2. The van der Waals surface area contributed by atoms with Crippen molar-refractivity contribution in [3.05, 3.63) is 88.1 Å². The van der Waals surface area contributed by atoms with Gasteiger partial charge in [-0.3, -0.25) is 9.88 Å². The van der Waals surface area contributed by atoms with E-state index in [4.69, 9.17) is 14.2 Å². The van der Waals surface area contributed by atoms with Crippen molar-refractivity contribution in [3.8, 4) is 17.0 Å². The van der Waals surface area contributed by atoms with Gasteiger partial charge >= 0.3 is 24.4 Å². The molecule has 2 aliphatic rings. The summed E-state index contributed by atoms with van der Waals surface area (Å²) in [5.41, 5.74) is 0.658. The summed E-state index contributed by atoms with van der Waals surface area (Å²) in [6.45, 7) is 5.74. The molecule has 2 heterocycles. The molecule has 1 aliphatic carbocycles. The number of alkyl halides is 6. The number of ether oxygens (including phenoxy) is 3. The topological polar surface area (TPSA) is 78.0 Å². The molecular weight excluding hydrogens is 642 g/mol.